The number of hydrogen-bond acceptors (Lipinski definition) is 4. The van der Waals surface area contributed by atoms with E-state index in [-0.39, 0.29) is 28.7 Å². The predicted octanol–water partition coefficient (Wildman–Crippen LogP) is 7.89. The molecular weight excluding hydrogens is 496 g/mol. The first-order valence-electron chi connectivity index (χ1n) is 15.0. The molecule has 2 fully saturated rings. The van der Waals surface area contributed by atoms with Crippen LogP contribution in [0.25, 0.3) is 0 Å². The molecule has 0 bridgehead atoms. The Morgan fingerprint density at radius 1 is 0.800 bits per heavy atom. The third-order valence-electron chi connectivity index (χ3n) is 11.2. The molecule has 2 aromatic rings. The summed E-state index contributed by atoms with van der Waals surface area (Å²) in [6.07, 6.45) is 11.6. The third kappa shape index (κ3) is 3.78. The molecule has 6 rings (SSSR count). The summed E-state index contributed by atoms with van der Waals surface area (Å²) in [4.78, 5) is 26.7. The van der Waals surface area contributed by atoms with Gasteiger partial charge in [0.1, 0.15) is 11.2 Å². The Bertz CT molecular complexity index is 1410. The monoisotopic (exact) mass is 538 g/mol. The molecule has 0 saturated heterocycles. The molecule has 0 radical (unpaired) electrons. The SMILES string of the molecule is C=C(C)C(=O)OC1(C)c2ccccc2CC12CCC2/C=C(\C)C(=O)OC1(C)c2ccccc2CC12CCCCC2. The van der Waals surface area contributed by atoms with Crippen LogP contribution < -0.4 is 0 Å². The van der Waals surface area contributed by atoms with Gasteiger partial charge in [0, 0.05) is 22.0 Å². The van der Waals surface area contributed by atoms with E-state index < -0.39 is 11.2 Å². The lowest BCUT2D eigenvalue weighted by atomic mass is 9.52. The number of carbonyl (C=O) groups is 2. The summed E-state index contributed by atoms with van der Waals surface area (Å²) in [5.41, 5.74) is 4.06. The van der Waals surface area contributed by atoms with Crippen LogP contribution in [0.15, 0.2) is 72.3 Å². The van der Waals surface area contributed by atoms with Gasteiger partial charge in [0.25, 0.3) is 0 Å². The molecule has 0 heterocycles. The molecule has 4 aliphatic carbocycles. The Morgan fingerprint density at radius 3 is 1.98 bits per heavy atom. The van der Waals surface area contributed by atoms with Crippen molar-refractivity contribution in [2.45, 2.75) is 96.7 Å². The topological polar surface area (TPSA) is 52.6 Å². The van der Waals surface area contributed by atoms with Gasteiger partial charge >= 0.3 is 11.9 Å². The van der Waals surface area contributed by atoms with Crippen LogP contribution in [-0.4, -0.2) is 11.9 Å². The zero-order chi connectivity index (χ0) is 28.3. The third-order valence-corrected chi connectivity index (χ3v) is 11.2. The molecule has 4 heteroatoms. The summed E-state index contributed by atoms with van der Waals surface area (Å²) in [7, 11) is 0. The predicted molar refractivity (Wildman–Crippen MR) is 156 cm³/mol. The molecule has 4 nitrogen and oxygen atoms in total. The fourth-order valence-corrected chi connectivity index (χ4v) is 8.70. The molecule has 0 aliphatic heterocycles. The molecule has 0 N–H and O–H groups in total. The van der Waals surface area contributed by atoms with Gasteiger partial charge in [-0.25, -0.2) is 9.59 Å². The Balaban J connectivity index is 1.30. The highest BCUT2D eigenvalue weighted by molar-refractivity contribution is 5.89. The standard InChI is InChI=1S/C36H42O4/c1-24(2)31(37)39-34(5)30-16-10-8-14-27(30)23-36(34)20-17-28(36)21-25(3)32(38)40-33(4)29-15-9-7-13-26(29)22-35(33)18-11-6-12-19-35/h7-10,13-16,21,28H,1,6,11-12,17-20,22-23H2,2-5H3/b25-21+. The normalized spacial score (nSPS) is 31.8. The number of hydrogen-bond donors (Lipinski definition) is 0. The van der Waals surface area contributed by atoms with Crippen molar-refractivity contribution in [3.8, 4) is 0 Å². The first-order valence-corrected chi connectivity index (χ1v) is 15.0. The minimum Gasteiger partial charge on any atom is -0.451 e. The summed E-state index contributed by atoms with van der Waals surface area (Å²) in [6.45, 7) is 11.6. The highest BCUT2D eigenvalue weighted by Gasteiger charge is 2.64. The number of fused-ring (bicyclic) bond motifs is 2. The molecule has 2 spiro atoms. The van der Waals surface area contributed by atoms with E-state index in [9.17, 15) is 9.59 Å². The Morgan fingerprint density at radius 2 is 1.38 bits per heavy atom. The molecular formula is C36H42O4. The molecule has 210 valence electrons. The van der Waals surface area contributed by atoms with Crippen LogP contribution in [-0.2, 0) is 43.1 Å². The Labute approximate surface area is 238 Å². The maximum Gasteiger partial charge on any atom is 0.334 e. The second-order valence-corrected chi connectivity index (χ2v) is 13.3. The maximum absolute atomic E-state index is 13.9. The number of carbonyl (C=O) groups excluding carboxylic acids is 2. The van der Waals surface area contributed by atoms with E-state index in [1.54, 1.807) is 6.92 Å². The summed E-state index contributed by atoms with van der Waals surface area (Å²) < 4.78 is 12.9. The van der Waals surface area contributed by atoms with Gasteiger partial charge in [-0.3, -0.25) is 0 Å². The lowest BCUT2D eigenvalue weighted by Gasteiger charge is -2.55. The number of allylic oxidation sites excluding steroid dienone is 1. The number of esters is 2. The van der Waals surface area contributed by atoms with Crippen molar-refractivity contribution in [1.82, 2.24) is 0 Å². The average Bonchev–Trinajstić information content (AvgIpc) is 3.33. The molecule has 40 heavy (non-hydrogen) atoms. The van der Waals surface area contributed by atoms with Crippen LogP contribution in [0.4, 0.5) is 0 Å². The van der Waals surface area contributed by atoms with E-state index >= 15 is 0 Å². The minimum absolute atomic E-state index is 0.0367. The van der Waals surface area contributed by atoms with Gasteiger partial charge in [0.05, 0.1) is 0 Å². The van der Waals surface area contributed by atoms with Gasteiger partial charge in [0.2, 0.25) is 0 Å². The van der Waals surface area contributed by atoms with E-state index in [4.69, 9.17) is 9.47 Å². The largest absolute Gasteiger partial charge is 0.451 e. The second kappa shape index (κ2) is 9.46. The lowest BCUT2D eigenvalue weighted by Crippen LogP contribution is -2.54. The van der Waals surface area contributed by atoms with E-state index in [0.29, 0.717) is 11.1 Å². The van der Waals surface area contributed by atoms with Crippen LogP contribution in [0.5, 0.6) is 0 Å². The van der Waals surface area contributed by atoms with Gasteiger partial charge in [0.15, 0.2) is 0 Å². The van der Waals surface area contributed by atoms with Gasteiger partial charge in [-0.1, -0.05) is 80.4 Å². The Hall–Kier alpha value is -3.14. The van der Waals surface area contributed by atoms with Gasteiger partial charge < -0.3 is 9.47 Å². The molecule has 4 aliphatic rings. The van der Waals surface area contributed by atoms with Gasteiger partial charge in [-0.15, -0.1) is 0 Å². The van der Waals surface area contributed by atoms with E-state index in [1.165, 1.54) is 36.0 Å². The second-order valence-electron chi connectivity index (χ2n) is 13.3. The average molecular weight is 539 g/mol. The van der Waals surface area contributed by atoms with Gasteiger partial charge in [-0.2, -0.15) is 0 Å². The van der Waals surface area contributed by atoms with Crippen LogP contribution in [0, 0.1) is 16.7 Å². The minimum atomic E-state index is -0.786. The smallest absolute Gasteiger partial charge is 0.334 e. The fourth-order valence-electron chi connectivity index (χ4n) is 8.70. The summed E-state index contributed by atoms with van der Waals surface area (Å²) >= 11 is 0. The van der Waals surface area contributed by atoms with Crippen LogP contribution in [0.1, 0.15) is 94.9 Å². The summed E-state index contributed by atoms with van der Waals surface area (Å²) in [5.74, 6) is -0.500. The molecule has 0 amide bonds. The van der Waals surface area contributed by atoms with Crippen molar-refractivity contribution in [1.29, 1.82) is 0 Å². The Kier molecular flexibility index (Phi) is 6.40. The first-order chi connectivity index (χ1) is 19.1. The molecule has 4 unspecified atom stereocenters. The number of rotatable bonds is 5. The summed E-state index contributed by atoms with van der Waals surface area (Å²) in [6, 6.07) is 16.8. The van der Waals surface area contributed by atoms with Crippen molar-refractivity contribution >= 4 is 11.9 Å². The molecule has 2 aromatic carbocycles. The van der Waals surface area contributed by atoms with E-state index in [2.05, 4.69) is 62.9 Å². The van der Waals surface area contributed by atoms with Crippen LogP contribution >= 0.6 is 0 Å². The molecule has 0 aromatic heterocycles. The lowest BCUT2D eigenvalue weighted by molar-refractivity contribution is -0.189. The van der Waals surface area contributed by atoms with E-state index in [0.717, 1.165) is 44.1 Å². The number of ether oxygens (including phenoxy) is 2. The van der Waals surface area contributed by atoms with Crippen molar-refractivity contribution in [3.63, 3.8) is 0 Å². The maximum atomic E-state index is 13.9. The van der Waals surface area contributed by atoms with Crippen LogP contribution in [0.3, 0.4) is 0 Å². The molecule has 4 atom stereocenters. The van der Waals surface area contributed by atoms with Crippen molar-refractivity contribution in [3.05, 3.63) is 94.6 Å². The quantitative estimate of drug-likeness (QED) is 0.287. The van der Waals surface area contributed by atoms with Crippen molar-refractivity contribution in [2.75, 3.05) is 0 Å². The van der Waals surface area contributed by atoms with Gasteiger partial charge in [-0.05, 0) is 94.4 Å². The van der Waals surface area contributed by atoms with Crippen molar-refractivity contribution in [2.24, 2.45) is 16.7 Å². The highest BCUT2D eigenvalue weighted by Crippen LogP contribution is 2.66. The van der Waals surface area contributed by atoms with Crippen LogP contribution in [0.2, 0.25) is 0 Å². The number of benzene rings is 2. The first kappa shape index (κ1) is 27.1. The zero-order valence-corrected chi connectivity index (χ0v) is 24.5. The fraction of sp³-hybridized carbons (Fsp3) is 0.500. The highest BCUT2D eigenvalue weighted by atomic mass is 16.6. The zero-order valence-electron chi connectivity index (χ0n) is 24.5. The van der Waals surface area contributed by atoms with Crippen molar-refractivity contribution < 1.29 is 19.1 Å². The summed E-state index contributed by atoms with van der Waals surface area (Å²) in [5, 5.41) is 0. The molecule has 2 saturated carbocycles. The van der Waals surface area contributed by atoms with E-state index in [1.807, 2.05) is 19.1 Å².